The Labute approximate surface area is 153 Å². The second-order valence-electron chi connectivity index (χ2n) is 6.28. The number of carboxylic acid groups (broad SMARTS) is 1. The molecule has 0 aromatic heterocycles. The van der Waals surface area contributed by atoms with Crippen molar-refractivity contribution < 1.29 is 19.5 Å². The molecule has 0 radical (unpaired) electrons. The van der Waals surface area contributed by atoms with Gasteiger partial charge in [0.1, 0.15) is 12.6 Å². The maximum absolute atomic E-state index is 12.6. The van der Waals surface area contributed by atoms with Gasteiger partial charge < -0.3 is 15.3 Å². The van der Waals surface area contributed by atoms with E-state index >= 15 is 0 Å². The zero-order chi connectivity index (χ0) is 18.2. The lowest BCUT2D eigenvalue weighted by Gasteiger charge is -2.25. The summed E-state index contributed by atoms with van der Waals surface area (Å²) in [7, 11) is 0. The minimum atomic E-state index is -1.04. The third-order valence-electron chi connectivity index (χ3n) is 4.34. The number of aliphatic carboxylic acids is 1. The monoisotopic (exact) mass is 364 g/mol. The second kappa shape index (κ2) is 9.46. The van der Waals surface area contributed by atoms with Crippen molar-refractivity contribution in [1.29, 1.82) is 0 Å². The lowest BCUT2D eigenvalue weighted by Crippen LogP contribution is -2.50. The van der Waals surface area contributed by atoms with E-state index in [4.69, 9.17) is 5.11 Å². The van der Waals surface area contributed by atoms with Crippen LogP contribution in [0.3, 0.4) is 0 Å². The Morgan fingerprint density at radius 3 is 2.64 bits per heavy atom. The predicted molar refractivity (Wildman–Crippen MR) is 97.5 cm³/mol. The zero-order valence-corrected chi connectivity index (χ0v) is 15.0. The van der Waals surface area contributed by atoms with Crippen molar-refractivity contribution in [2.45, 2.75) is 31.7 Å². The number of carbonyl (C=O) groups excluding carboxylic acids is 2. The quantitative estimate of drug-likeness (QED) is 0.638. The van der Waals surface area contributed by atoms with Crippen LogP contribution in [0.15, 0.2) is 30.3 Å². The van der Waals surface area contributed by atoms with E-state index in [1.54, 1.807) is 0 Å². The van der Waals surface area contributed by atoms with Crippen LogP contribution in [-0.4, -0.2) is 52.7 Å². The molecule has 136 valence electrons. The molecule has 2 atom stereocenters. The first-order chi connectivity index (χ1) is 12.0. The van der Waals surface area contributed by atoms with Gasteiger partial charge in [-0.1, -0.05) is 30.3 Å². The largest absolute Gasteiger partial charge is 0.480 e. The summed E-state index contributed by atoms with van der Waals surface area (Å²) in [5, 5.41) is 11.8. The summed E-state index contributed by atoms with van der Waals surface area (Å²) in [5.41, 5.74) is 1.04. The van der Waals surface area contributed by atoms with Crippen LogP contribution in [0.2, 0.25) is 0 Å². The minimum absolute atomic E-state index is 0.214. The third kappa shape index (κ3) is 5.77. The first-order valence-electron chi connectivity index (χ1n) is 8.47. The first kappa shape index (κ1) is 19.3. The van der Waals surface area contributed by atoms with Crippen LogP contribution < -0.4 is 5.32 Å². The number of hydrogen-bond acceptors (Lipinski definition) is 4. The first-order valence-corrected chi connectivity index (χ1v) is 9.10. The highest BCUT2D eigenvalue weighted by molar-refractivity contribution is 7.80. The van der Waals surface area contributed by atoms with E-state index < -0.39 is 12.0 Å². The number of amides is 2. The van der Waals surface area contributed by atoms with Gasteiger partial charge in [-0.2, -0.15) is 12.6 Å². The number of benzene rings is 1. The molecule has 25 heavy (non-hydrogen) atoms. The molecule has 1 saturated heterocycles. The zero-order valence-electron chi connectivity index (χ0n) is 14.1. The van der Waals surface area contributed by atoms with Crippen molar-refractivity contribution in [3.63, 3.8) is 0 Å². The molecule has 2 N–H and O–H groups in total. The molecule has 2 amide bonds. The van der Waals surface area contributed by atoms with E-state index in [2.05, 4.69) is 17.9 Å². The summed E-state index contributed by atoms with van der Waals surface area (Å²) in [6.45, 7) is 0.0860. The summed E-state index contributed by atoms with van der Waals surface area (Å²) >= 11 is 4.28. The molecule has 1 aliphatic heterocycles. The molecule has 1 aromatic carbocycles. The number of likely N-dealkylation sites (tertiary alicyclic amines) is 1. The summed E-state index contributed by atoms with van der Waals surface area (Å²) in [6, 6.07) is 9.00. The molecule has 1 fully saturated rings. The average molecular weight is 364 g/mol. The standard InChI is InChI=1S/C18H24N2O4S/c21-16(22)11-20-9-5-4-8-15(18(20)24)19-17(23)14(12-25)10-13-6-2-1-3-7-13/h1-3,6-7,14-15,25H,4-5,8-12H2,(H,19,23)(H,21,22)/t14-,15+/m1/s1. The Balaban J connectivity index is 2.00. The molecule has 1 aliphatic rings. The number of thiol groups is 1. The molecular formula is C18H24N2O4S. The summed E-state index contributed by atoms with van der Waals surface area (Å²) < 4.78 is 0. The van der Waals surface area contributed by atoms with Gasteiger partial charge in [-0.05, 0) is 31.2 Å². The smallest absolute Gasteiger partial charge is 0.323 e. The highest BCUT2D eigenvalue weighted by Gasteiger charge is 2.30. The molecular weight excluding hydrogens is 340 g/mol. The van der Waals surface area contributed by atoms with Crippen molar-refractivity contribution in [2.75, 3.05) is 18.8 Å². The van der Waals surface area contributed by atoms with Gasteiger partial charge in [0.25, 0.3) is 0 Å². The van der Waals surface area contributed by atoms with E-state index in [1.165, 1.54) is 4.90 Å². The normalized spacial score (nSPS) is 19.2. The summed E-state index contributed by atoms with van der Waals surface area (Å²) in [6.07, 6.45) is 2.60. The Bertz CT molecular complexity index is 608. The molecule has 0 saturated carbocycles. The van der Waals surface area contributed by atoms with E-state index in [-0.39, 0.29) is 24.3 Å². The Morgan fingerprint density at radius 2 is 2.00 bits per heavy atom. The molecule has 0 aliphatic carbocycles. The maximum atomic E-state index is 12.6. The van der Waals surface area contributed by atoms with E-state index in [9.17, 15) is 14.4 Å². The van der Waals surface area contributed by atoms with E-state index in [0.29, 0.717) is 25.1 Å². The van der Waals surface area contributed by atoms with Gasteiger partial charge in [0.2, 0.25) is 11.8 Å². The van der Waals surface area contributed by atoms with E-state index in [0.717, 1.165) is 18.4 Å². The van der Waals surface area contributed by atoms with Crippen LogP contribution in [0.5, 0.6) is 0 Å². The van der Waals surface area contributed by atoms with Crippen LogP contribution in [-0.2, 0) is 20.8 Å². The molecule has 0 unspecified atom stereocenters. The van der Waals surface area contributed by atoms with Crippen molar-refractivity contribution in [3.8, 4) is 0 Å². The Hall–Kier alpha value is -2.02. The fraction of sp³-hybridized carbons (Fsp3) is 0.500. The van der Waals surface area contributed by atoms with Gasteiger partial charge in [-0.25, -0.2) is 0 Å². The van der Waals surface area contributed by atoms with Crippen LogP contribution in [0, 0.1) is 5.92 Å². The van der Waals surface area contributed by atoms with Gasteiger partial charge in [-0.15, -0.1) is 0 Å². The van der Waals surface area contributed by atoms with Gasteiger partial charge in [0.15, 0.2) is 0 Å². The molecule has 0 bridgehead atoms. The highest BCUT2D eigenvalue weighted by atomic mass is 32.1. The SMILES string of the molecule is O=C(O)CN1CCCC[C@H](NC(=O)[C@@H](CS)Cc2ccccc2)C1=O. The molecule has 0 spiro atoms. The summed E-state index contributed by atoms with van der Waals surface area (Å²) in [5.74, 6) is -1.53. The highest BCUT2D eigenvalue weighted by Crippen LogP contribution is 2.15. The Kier molecular flexibility index (Phi) is 7.31. The number of nitrogens with one attached hydrogen (secondary N) is 1. The molecule has 1 aromatic rings. The van der Waals surface area contributed by atoms with Crippen LogP contribution in [0.25, 0.3) is 0 Å². The topological polar surface area (TPSA) is 86.7 Å². The predicted octanol–water partition coefficient (Wildman–Crippen LogP) is 1.36. The van der Waals surface area contributed by atoms with Crippen molar-refractivity contribution >= 4 is 30.4 Å². The van der Waals surface area contributed by atoms with Crippen LogP contribution >= 0.6 is 12.6 Å². The molecule has 7 heteroatoms. The van der Waals surface area contributed by atoms with Gasteiger partial charge in [-0.3, -0.25) is 14.4 Å². The van der Waals surface area contributed by atoms with Gasteiger partial charge in [0.05, 0.1) is 5.92 Å². The van der Waals surface area contributed by atoms with Crippen LogP contribution in [0.4, 0.5) is 0 Å². The van der Waals surface area contributed by atoms with E-state index in [1.807, 2.05) is 30.3 Å². The molecule has 1 heterocycles. The number of carbonyl (C=O) groups is 3. The number of nitrogens with zero attached hydrogens (tertiary/aromatic N) is 1. The molecule has 6 nitrogen and oxygen atoms in total. The number of rotatable bonds is 7. The van der Waals surface area contributed by atoms with Crippen molar-refractivity contribution in [1.82, 2.24) is 10.2 Å². The lowest BCUT2D eigenvalue weighted by atomic mass is 9.99. The minimum Gasteiger partial charge on any atom is -0.480 e. The van der Waals surface area contributed by atoms with Gasteiger partial charge >= 0.3 is 5.97 Å². The van der Waals surface area contributed by atoms with Gasteiger partial charge in [0, 0.05) is 12.3 Å². The fourth-order valence-corrected chi connectivity index (χ4v) is 3.28. The number of carboxylic acids is 1. The van der Waals surface area contributed by atoms with Crippen molar-refractivity contribution in [3.05, 3.63) is 35.9 Å². The van der Waals surface area contributed by atoms with Crippen molar-refractivity contribution in [2.24, 2.45) is 5.92 Å². The average Bonchev–Trinajstić information content (AvgIpc) is 2.76. The second-order valence-corrected chi connectivity index (χ2v) is 6.64. The maximum Gasteiger partial charge on any atom is 0.323 e. The fourth-order valence-electron chi connectivity index (χ4n) is 2.99. The lowest BCUT2D eigenvalue weighted by molar-refractivity contribution is -0.145. The number of hydrogen-bond donors (Lipinski definition) is 3. The third-order valence-corrected chi connectivity index (χ3v) is 4.78. The van der Waals surface area contributed by atoms with Crippen LogP contribution in [0.1, 0.15) is 24.8 Å². The molecule has 2 rings (SSSR count). The Morgan fingerprint density at radius 1 is 1.28 bits per heavy atom. The summed E-state index contributed by atoms with van der Waals surface area (Å²) in [4.78, 5) is 37.3.